The van der Waals surface area contributed by atoms with Gasteiger partial charge in [0, 0.05) is 0 Å². The average molecular weight is 602 g/mol. The van der Waals surface area contributed by atoms with E-state index < -0.39 is 84.9 Å². The molecule has 0 aromatic rings. The molecule has 0 aliphatic carbocycles. The molecule has 0 saturated heterocycles. The molecule has 7 atom stereocenters. The highest BCUT2D eigenvalue weighted by atomic mass is 16.4. The van der Waals surface area contributed by atoms with Gasteiger partial charge in [-0.05, 0) is 43.4 Å². The second-order valence-electron chi connectivity index (χ2n) is 12.7. The largest absolute Gasteiger partial charge is 0.481 e. The van der Waals surface area contributed by atoms with E-state index >= 15 is 0 Å². The van der Waals surface area contributed by atoms with E-state index in [1.807, 2.05) is 27.7 Å². The third-order valence-corrected chi connectivity index (χ3v) is 6.85. The van der Waals surface area contributed by atoms with Crippen molar-refractivity contribution in [2.24, 2.45) is 29.4 Å². The molecule has 4 unspecified atom stereocenters. The molecular weight excluding hydrogens is 546 g/mol. The van der Waals surface area contributed by atoms with Gasteiger partial charge in [-0.15, -0.1) is 0 Å². The molecule has 0 aromatic carbocycles. The molecule has 9 N–H and O–H groups in total. The summed E-state index contributed by atoms with van der Waals surface area (Å²) in [5.74, 6) is -3.73. The van der Waals surface area contributed by atoms with E-state index in [2.05, 4.69) is 21.3 Å². The summed E-state index contributed by atoms with van der Waals surface area (Å²) in [6, 6.07) is -4.38. The molecule has 244 valence electrons. The van der Waals surface area contributed by atoms with Crippen LogP contribution in [-0.2, 0) is 24.0 Å². The van der Waals surface area contributed by atoms with E-state index in [-0.39, 0.29) is 23.7 Å². The van der Waals surface area contributed by atoms with Crippen molar-refractivity contribution in [3.63, 3.8) is 0 Å². The highest BCUT2D eigenvalue weighted by molar-refractivity contribution is 5.90. The van der Waals surface area contributed by atoms with E-state index in [0.717, 1.165) is 0 Å². The molecule has 0 aliphatic rings. The monoisotopic (exact) mass is 601 g/mol. The number of hydrogen-bond acceptors (Lipinski definition) is 8. The Morgan fingerprint density at radius 1 is 0.619 bits per heavy atom. The van der Waals surface area contributed by atoms with Crippen LogP contribution in [0.2, 0.25) is 0 Å². The zero-order chi connectivity index (χ0) is 32.9. The number of aliphatic carboxylic acids is 1. The first-order chi connectivity index (χ1) is 19.3. The first kappa shape index (κ1) is 39.2. The number of carboxylic acids is 1. The summed E-state index contributed by atoms with van der Waals surface area (Å²) in [7, 11) is 0. The number of hydrogen-bond donors (Lipinski definition) is 8. The molecule has 4 amide bonds. The number of nitrogens with one attached hydrogen (secondary N) is 4. The zero-order valence-electron chi connectivity index (χ0n) is 26.6. The number of carboxylic acid groups (broad SMARTS) is 1. The Bertz CT molecular complexity index is 895. The summed E-state index contributed by atoms with van der Waals surface area (Å²) >= 11 is 0. The quantitative estimate of drug-likeness (QED) is 0.102. The van der Waals surface area contributed by atoms with E-state index in [9.17, 15) is 34.2 Å². The second kappa shape index (κ2) is 18.7. The molecule has 0 radical (unpaired) electrons. The Balaban J connectivity index is 5.41. The molecule has 0 saturated carbocycles. The molecule has 13 heteroatoms. The summed E-state index contributed by atoms with van der Waals surface area (Å²) in [5, 5.41) is 40.8. The van der Waals surface area contributed by atoms with Crippen LogP contribution in [-0.4, -0.2) is 87.3 Å². The molecule has 0 fully saturated rings. The third kappa shape index (κ3) is 14.9. The molecule has 0 rings (SSSR count). The van der Waals surface area contributed by atoms with Crippen LogP contribution in [0.1, 0.15) is 88.0 Å². The van der Waals surface area contributed by atoms with Gasteiger partial charge in [0.25, 0.3) is 0 Å². The van der Waals surface area contributed by atoms with Gasteiger partial charge in [-0.1, -0.05) is 55.4 Å². The number of carbonyl (C=O) groups is 5. The predicted molar refractivity (Wildman–Crippen MR) is 159 cm³/mol. The van der Waals surface area contributed by atoms with Gasteiger partial charge in [0.05, 0.1) is 43.2 Å². The Hall–Kier alpha value is -2.77. The zero-order valence-corrected chi connectivity index (χ0v) is 26.6. The van der Waals surface area contributed by atoms with Crippen LogP contribution in [0, 0.1) is 23.7 Å². The maximum Gasteiger partial charge on any atom is 0.306 e. The minimum Gasteiger partial charge on any atom is -0.481 e. The first-order valence-electron chi connectivity index (χ1n) is 14.8. The smallest absolute Gasteiger partial charge is 0.306 e. The number of nitrogens with two attached hydrogens (primary N) is 1. The van der Waals surface area contributed by atoms with Crippen molar-refractivity contribution in [3.8, 4) is 0 Å². The van der Waals surface area contributed by atoms with E-state index in [4.69, 9.17) is 10.8 Å². The second-order valence-corrected chi connectivity index (χ2v) is 12.7. The number of carbonyl (C=O) groups excluding carboxylic acids is 4. The summed E-state index contributed by atoms with van der Waals surface area (Å²) in [6.07, 6.45) is -2.88. The van der Waals surface area contributed by atoms with Crippen molar-refractivity contribution in [2.75, 3.05) is 0 Å². The van der Waals surface area contributed by atoms with Crippen molar-refractivity contribution in [3.05, 3.63) is 0 Å². The summed E-state index contributed by atoms with van der Waals surface area (Å²) < 4.78 is 0. The lowest BCUT2D eigenvalue weighted by atomic mass is 9.95. The normalized spacial score (nSPS) is 16.8. The number of aliphatic hydroxyl groups excluding tert-OH is 2. The van der Waals surface area contributed by atoms with Gasteiger partial charge >= 0.3 is 5.97 Å². The Labute approximate surface area is 250 Å². The minimum absolute atomic E-state index is 0.0503. The summed E-state index contributed by atoms with van der Waals surface area (Å²) in [6.45, 7) is 16.1. The van der Waals surface area contributed by atoms with Crippen molar-refractivity contribution in [1.82, 2.24) is 21.3 Å². The first-order valence-corrected chi connectivity index (χ1v) is 14.8. The van der Waals surface area contributed by atoms with Gasteiger partial charge in [0.2, 0.25) is 23.6 Å². The fraction of sp³-hybridized carbons (Fsp3) is 0.828. The SMILES string of the molecule is CC(C)CC(NC(=O)[C@H](C)NC(=O)CC(O)C(CC(C)C)NC(=O)[C@@H](NC(=O)[C@@H](N)C(C)C)C(C)C)C(O)CC(=O)O. The lowest BCUT2D eigenvalue weighted by Crippen LogP contribution is -2.58. The van der Waals surface area contributed by atoms with Gasteiger partial charge < -0.3 is 42.3 Å². The van der Waals surface area contributed by atoms with Gasteiger partial charge in [-0.25, -0.2) is 0 Å². The summed E-state index contributed by atoms with van der Waals surface area (Å²) in [4.78, 5) is 62.2. The maximum absolute atomic E-state index is 13.2. The highest BCUT2D eigenvalue weighted by Crippen LogP contribution is 2.14. The Morgan fingerprint density at radius 2 is 1.07 bits per heavy atom. The Morgan fingerprint density at radius 3 is 1.48 bits per heavy atom. The minimum atomic E-state index is -1.31. The maximum atomic E-state index is 13.2. The Kier molecular flexibility index (Phi) is 17.5. The fourth-order valence-electron chi connectivity index (χ4n) is 4.33. The molecule has 0 aliphatic heterocycles. The van der Waals surface area contributed by atoms with E-state index in [0.29, 0.717) is 12.8 Å². The van der Waals surface area contributed by atoms with Crippen molar-refractivity contribution < 1.29 is 39.3 Å². The van der Waals surface area contributed by atoms with Gasteiger partial charge in [0.1, 0.15) is 12.1 Å². The van der Waals surface area contributed by atoms with Crippen LogP contribution in [0.5, 0.6) is 0 Å². The van der Waals surface area contributed by atoms with Gasteiger partial charge in [-0.3, -0.25) is 24.0 Å². The van der Waals surface area contributed by atoms with E-state index in [1.54, 1.807) is 27.7 Å². The lowest BCUT2D eigenvalue weighted by molar-refractivity contribution is -0.140. The molecule has 0 aromatic heterocycles. The molecule has 0 spiro atoms. The van der Waals surface area contributed by atoms with Crippen molar-refractivity contribution in [2.45, 2.75) is 130 Å². The standard InChI is InChI=1S/C29H55N5O8/c1-14(2)10-19(33-29(42)26(17(7)8)34-28(41)25(30)16(5)6)21(35)12-23(37)31-18(9)27(40)32-20(11-15(3)4)22(36)13-24(38)39/h14-22,25-26,35-36H,10-13,30H2,1-9H3,(H,31,37)(H,32,40)(H,33,42)(H,34,41)(H,38,39)/t18-,19?,20?,21?,22?,25-,26-/m0/s1. The van der Waals surface area contributed by atoms with Crippen LogP contribution < -0.4 is 27.0 Å². The number of rotatable bonds is 19. The highest BCUT2D eigenvalue weighted by Gasteiger charge is 2.32. The summed E-state index contributed by atoms with van der Waals surface area (Å²) in [5.41, 5.74) is 5.93. The lowest BCUT2D eigenvalue weighted by Gasteiger charge is -2.30. The van der Waals surface area contributed by atoms with Crippen LogP contribution in [0.15, 0.2) is 0 Å². The van der Waals surface area contributed by atoms with Gasteiger partial charge in [0.15, 0.2) is 0 Å². The molecule has 0 heterocycles. The molecule has 13 nitrogen and oxygen atoms in total. The van der Waals surface area contributed by atoms with Crippen LogP contribution >= 0.6 is 0 Å². The number of aliphatic hydroxyl groups is 2. The van der Waals surface area contributed by atoms with Crippen molar-refractivity contribution in [1.29, 1.82) is 0 Å². The predicted octanol–water partition coefficient (Wildman–Crippen LogP) is 0.264. The van der Waals surface area contributed by atoms with Crippen LogP contribution in [0.4, 0.5) is 0 Å². The molecule has 42 heavy (non-hydrogen) atoms. The molecular formula is C29H55N5O8. The van der Waals surface area contributed by atoms with Crippen molar-refractivity contribution >= 4 is 29.6 Å². The third-order valence-electron chi connectivity index (χ3n) is 6.85. The topological polar surface area (TPSA) is 220 Å². The molecule has 0 bridgehead atoms. The average Bonchev–Trinajstić information content (AvgIpc) is 2.84. The van der Waals surface area contributed by atoms with E-state index in [1.165, 1.54) is 6.92 Å². The van der Waals surface area contributed by atoms with Gasteiger partial charge in [-0.2, -0.15) is 0 Å². The fourth-order valence-corrected chi connectivity index (χ4v) is 4.33. The number of amides is 4. The van der Waals surface area contributed by atoms with Crippen LogP contribution in [0.25, 0.3) is 0 Å². The van der Waals surface area contributed by atoms with Crippen LogP contribution in [0.3, 0.4) is 0 Å².